The maximum Gasteiger partial charge on any atom is 0.339 e. The number of anilines is 1. The Bertz CT molecular complexity index is 391. The number of carbonyl (C=O) groups is 1. The van der Waals surface area contributed by atoms with Crippen molar-refractivity contribution in [1.82, 2.24) is 4.98 Å². The third-order valence-electron chi connectivity index (χ3n) is 2.38. The molecule has 0 spiro atoms. The predicted molar refractivity (Wildman–Crippen MR) is 57.4 cm³/mol. The molecule has 0 aromatic carbocycles. The molecule has 80 valence electrons. The monoisotopic (exact) mass is 226 g/mol. The van der Waals surface area contributed by atoms with Gasteiger partial charge in [-0.15, -0.1) is 0 Å². The largest absolute Gasteiger partial charge is 0.478 e. The van der Waals surface area contributed by atoms with Crippen molar-refractivity contribution < 1.29 is 9.90 Å². The molecule has 1 heterocycles. The fourth-order valence-electron chi connectivity index (χ4n) is 1.32. The first-order chi connectivity index (χ1) is 7.16. The van der Waals surface area contributed by atoms with E-state index in [4.69, 9.17) is 16.7 Å². The van der Waals surface area contributed by atoms with E-state index >= 15 is 0 Å². The summed E-state index contributed by atoms with van der Waals surface area (Å²) in [5.74, 6) is -0.309. The Morgan fingerprint density at radius 1 is 1.67 bits per heavy atom. The van der Waals surface area contributed by atoms with Crippen LogP contribution in [0.5, 0.6) is 0 Å². The van der Waals surface area contributed by atoms with Gasteiger partial charge in [0, 0.05) is 12.7 Å². The number of pyridine rings is 1. The summed E-state index contributed by atoms with van der Waals surface area (Å²) in [6, 6.07) is 1.55. The molecule has 4 nitrogen and oxygen atoms in total. The minimum atomic E-state index is -0.988. The van der Waals surface area contributed by atoms with Crippen molar-refractivity contribution in [2.75, 3.05) is 11.9 Å². The minimum Gasteiger partial charge on any atom is -0.478 e. The summed E-state index contributed by atoms with van der Waals surface area (Å²) < 4.78 is 0. The fraction of sp³-hybridized carbons (Fsp3) is 0.400. The van der Waals surface area contributed by atoms with E-state index in [1.807, 2.05) is 0 Å². The van der Waals surface area contributed by atoms with Crippen molar-refractivity contribution in [3.63, 3.8) is 0 Å². The second-order valence-corrected chi connectivity index (χ2v) is 4.07. The molecule has 0 aliphatic heterocycles. The first-order valence-corrected chi connectivity index (χ1v) is 5.17. The van der Waals surface area contributed by atoms with E-state index in [0.717, 1.165) is 6.54 Å². The molecule has 5 heteroatoms. The van der Waals surface area contributed by atoms with Crippen LogP contribution in [0.25, 0.3) is 0 Å². The van der Waals surface area contributed by atoms with Gasteiger partial charge >= 0.3 is 5.97 Å². The summed E-state index contributed by atoms with van der Waals surface area (Å²) >= 11 is 5.71. The third kappa shape index (κ3) is 2.59. The lowest BCUT2D eigenvalue weighted by atomic mass is 10.2. The van der Waals surface area contributed by atoms with Gasteiger partial charge in [0.05, 0.1) is 5.69 Å². The average molecular weight is 227 g/mol. The summed E-state index contributed by atoms with van der Waals surface area (Å²) in [4.78, 5) is 14.6. The Balaban J connectivity index is 2.16. The van der Waals surface area contributed by atoms with E-state index in [0.29, 0.717) is 16.8 Å². The van der Waals surface area contributed by atoms with E-state index < -0.39 is 5.97 Å². The summed E-state index contributed by atoms with van der Waals surface area (Å²) in [7, 11) is 0. The molecule has 0 radical (unpaired) electrons. The summed E-state index contributed by atoms with van der Waals surface area (Å²) in [5.41, 5.74) is 0.717. The number of aromatic carboxylic acids is 1. The Hall–Kier alpha value is -1.29. The maximum atomic E-state index is 10.9. The number of halogens is 1. The molecule has 15 heavy (non-hydrogen) atoms. The van der Waals surface area contributed by atoms with Gasteiger partial charge in [0.15, 0.2) is 0 Å². The molecule has 2 rings (SSSR count). The number of rotatable bonds is 4. The Morgan fingerprint density at radius 2 is 2.40 bits per heavy atom. The fourth-order valence-corrected chi connectivity index (χ4v) is 1.48. The van der Waals surface area contributed by atoms with Crippen molar-refractivity contribution in [2.24, 2.45) is 5.92 Å². The van der Waals surface area contributed by atoms with E-state index in [1.54, 1.807) is 6.07 Å². The Morgan fingerprint density at radius 3 is 3.00 bits per heavy atom. The molecule has 1 aliphatic carbocycles. The van der Waals surface area contributed by atoms with E-state index in [-0.39, 0.29) is 5.56 Å². The maximum absolute atomic E-state index is 10.9. The number of aromatic nitrogens is 1. The molecule has 1 aromatic rings. The van der Waals surface area contributed by atoms with Crippen LogP contribution in [0.3, 0.4) is 0 Å². The Kier molecular flexibility index (Phi) is 2.77. The summed E-state index contributed by atoms with van der Waals surface area (Å²) in [6.45, 7) is 0.806. The SMILES string of the molecule is O=C(O)c1cnc(Cl)cc1NCC1CC1. The van der Waals surface area contributed by atoms with Crippen LogP contribution in [0.4, 0.5) is 5.69 Å². The number of carboxylic acid groups (broad SMARTS) is 1. The number of hydrogen-bond acceptors (Lipinski definition) is 3. The third-order valence-corrected chi connectivity index (χ3v) is 2.59. The molecule has 0 atom stereocenters. The number of nitrogens with zero attached hydrogens (tertiary/aromatic N) is 1. The van der Waals surface area contributed by atoms with Gasteiger partial charge in [-0.25, -0.2) is 9.78 Å². The normalized spacial score (nSPS) is 15.0. The lowest BCUT2D eigenvalue weighted by Crippen LogP contribution is -2.09. The highest BCUT2D eigenvalue weighted by molar-refractivity contribution is 6.29. The van der Waals surface area contributed by atoms with E-state index in [2.05, 4.69) is 10.3 Å². The van der Waals surface area contributed by atoms with E-state index in [1.165, 1.54) is 19.0 Å². The number of carboxylic acids is 1. The second-order valence-electron chi connectivity index (χ2n) is 3.68. The molecule has 0 saturated heterocycles. The average Bonchev–Trinajstić information content (AvgIpc) is 2.97. The van der Waals surface area contributed by atoms with Gasteiger partial charge in [0.1, 0.15) is 10.7 Å². The zero-order valence-electron chi connectivity index (χ0n) is 8.03. The molecule has 0 unspecified atom stereocenters. The topological polar surface area (TPSA) is 62.2 Å². The number of nitrogens with one attached hydrogen (secondary N) is 1. The number of hydrogen-bond donors (Lipinski definition) is 2. The van der Waals surface area contributed by atoms with Crippen LogP contribution in [-0.4, -0.2) is 22.6 Å². The van der Waals surface area contributed by atoms with Gasteiger partial charge in [-0.05, 0) is 24.8 Å². The lowest BCUT2D eigenvalue weighted by molar-refractivity contribution is 0.0697. The molecule has 0 amide bonds. The van der Waals surface area contributed by atoms with Crippen molar-refractivity contribution in [3.05, 3.63) is 23.0 Å². The first-order valence-electron chi connectivity index (χ1n) is 4.79. The van der Waals surface area contributed by atoms with Crippen LogP contribution >= 0.6 is 11.6 Å². The minimum absolute atomic E-state index is 0.167. The second kappa shape index (κ2) is 4.06. The van der Waals surface area contributed by atoms with Gasteiger partial charge in [-0.3, -0.25) is 0 Å². The lowest BCUT2D eigenvalue weighted by Gasteiger charge is -2.08. The van der Waals surface area contributed by atoms with Crippen molar-refractivity contribution in [1.29, 1.82) is 0 Å². The summed E-state index contributed by atoms with van der Waals surface area (Å²) in [5, 5.41) is 12.3. The molecular weight excluding hydrogens is 216 g/mol. The molecule has 2 N–H and O–H groups in total. The van der Waals surface area contributed by atoms with Crippen LogP contribution in [0.1, 0.15) is 23.2 Å². The van der Waals surface area contributed by atoms with Crippen LogP contribution < -0.4 is 5.32 Å². The van der Waals surface area contributed by atoms with E-state index in [9.17, 15) is 4.79 Å². The quantitative estimate of drug-likeness (QED) is 0.773. The summed E-state index contributed by atoms with van der Waals surface area (Å²) in [6.07, 6.45) is 3.71. The zero-order chi connectivity index (χ0) is 10.8. The first kappa shape index (κ1) is 10.2. The van der Waals surface area contributed by atoms with Gasteiger partial charge in [0.2, 0.25) is 0 Å². The standard InChI is InChI=1S/C10H11ClN2O2/c11-9-3-8(12-4-6-1-2-6)7(5-13-9)10(14)15/h3,5-6H,1-2,4H2,(H,12,13)(H,14,15). The van der Waals surface area contributed by atoms with Gasteiger partial charge in [-0.2, -0.15) is 0 Å². The predicted octanol–water partition coefficient (Wildman–Crippen LogP) is 2.26. The smallest absolute Gasteiger partial charge is 0.339 e. The Labute approximate surface area is 92.3 Å². The highest BCUT2D eigenvalue weighted by Gasteiger charge is 2.21. The van der Waals surface area contributed by atoms with Crippen LogP contribution in [0, 0.1) is 5.92 Å². The highest BCUT2D eigenvalue weighted by Crippen LogP contribution is 2.29. The van der Waals surface area contributed by atoms with Crippen LogP contribution in [0.15, 0.2) is 12.3 Å². The molecule has 0 bridgehead atoms. The molecular formula is C10H11ClN2O2. The zero-order valence-corrected chi connectivity index (χ0v) is 8.79. The van der Waals surface area contributed by atoms with Crippen LogP contribution in [0.2, 0.25) is 5.15 Å². The van der Waals surface area contributed by atoms with Gasteiger partial charge < -0.3 is 10.4 Å². The van der Waals surface area contributed by atoms with Gasteiger partial charge in [0.25, 0.3) is 0 Å². The molecule has 1 fully saturated rings. The molecule has 1 aliphatic rings. The molecule has 1 saturated carbocycles. The van der Waals surface area contributed by atoms with Crippen molar-refractivity contribution in [3.8, 4) is 0 Å². The van der Waals surface area contributed by atoms with Crippen molar-refractivity contribution in [2.45, 2.75) is 12.8 Å². The van der Waals surface area contributed by atoms with Crippen LogP contribution in [-0.2, 0) is 0 Å². The van der Waals surface area contributed by atoms with Gasteiger partial charge in [-0.1, -0.05) is 11.6 Å². The highest BCUT2D eigenvalue weighted by atomic mass is 35.5. The van der Waals surface area contributed by atoms with Crippen molar-refractivity contribution >= 4 is 23.3 Å². The molecule has 1 aromatic heterocycles.